The van der Waals surface area contributed by atoms with E-state index in [1.807, 2.05) is 18.2 Å². The van der Waals surface area contributed by atoms with Crippen molar-refractivity contribution in [3.8, 4) is 0 Å². The Bertz CT molecular complexity index is 366. The van der Waals surface area contributed by atoms with E-state index in [-0.39, 0.29) is 5.41 Å². The molecule has 0 aliphatic rings. The number of rotatable bonds is 2. The predicted molar refractivity (Wildman–Crippen MR) is 65.6 cm³/mol. The van der Waals surface area contributed by atoms with Crippen molar-refractivity contribution in [2.75, 3.05) is 12.4 Å². The van der Waals surface area contributed by atoms with E-state index in [9.17, 15) is 4.79 Å². The molecule has 1 amide bonds. The molecule has 0 saturated heterocycles. The topological polar surface area (TPSA) is 38.3 Å². The third kappa shape index (κ3) is 4.34. The molecular formula is C13H19NO2. The van der Waals surface area contributed by atoms with Crippen molar-refractivity contribution in [1.29, 1.82) is 0 Å². The molecule has 0 heterocycles. The Morgan fingerprint density at radius 3 is 2.62 bits per heavy atom. The summed E-state index contributed by atoms with van der Waals surface area (Å²) in [5.41, 5.74) is 2.22. The molecule has 0 atom stereocenters. The fourth-order valence-electron chi connectivity index (χ4n) is 1.54. The Hall–Kier alpha value is -1.51. The van der Waals surface area contributed by atoms with E-state index in [2.05, 4.69) is 36.9 Å². The highest BCUT2D eigenvalue weighted by molar-refractivity contribution is 5.84. The highest BCUT2D eigenvalue weighted by Crippen LogP contribution is 2.22. The summed E-state index contributed by atoms with van der Waals surface area (Å²) in [5, 5.41) is 2.66. The molecule has 0 aliphatic heterocycles. The number of benzene rings is 1. The van der Waals surface area contributed by atoms with Gasteiger partial charge in [-0.15, -0.1) is 0 Å². The average molecular weight is 221 g/mol. The van der Waals surface area contributed by atoms with Crippen molar-refractivity contribution in [3.05, 3.63) is 29.8 Å². The molecule has 1 rings (SSSR count). The van der Waals surface area contributed by atoms with Gasteiger partial charge < -0.3 is 4.74 Å². The van der Waals surface area contributed by atoms with Crippen LogP contribution >= 0.6 is 0 Å². The van der Waals surface area contributed by atoms with Crippen molar-refractivity contribution >= 4 is 11.8 Å². The van der Waals surface area contributed by atoms with Gasteiger partial charge in [0.1, 0.15) is 0 Å². The highest BCUT2D eigenvalue weighted by Gasteiger charge is 2.11. The Balaban J connectivity index is 2.75. The van der Waals surface area contributed by atoms with Crippen LogP contribution in [-0.2, 0) is 11.2 Å². The van der Waals surface area contributed by atoms with Gasteiger partial charge in [-0.05, 0) is 29.5 Å². The fourth-order valence-corrected chi connectivity index (χ4v) is 1.54. The smallest absolute Gasteiger partial charge is 0.411 e. The lowest BCUT2D eigenvalue weighted by Crippen LogP contribution is -2.12. The molecular weight excluding hydrogens is 202 g/mol. The van der Waals surface area contributed by atoms with Crippen molar-refractivity contribution in [1.82, 2.24) is 0 Å². The molecule has 1 aromatic carbocycles. The maximum Gasteiger partial charge on any atom is 0.411 e. The van der Waals surface area contributed by atoms with Gasteiger partial charge in [0.2, 0.25) is 0 Å². The minimum absolute atomic E-state index is 0.240. The monoisotopic (exact) mass is 221 g/mol. The van der Waals surface area contributed by atoms with Crippen LogP contribution < -0.4 is 5.32 Å². The second kappa shape index (κ2) is 5.01. The van der Waals surface area contributed by atoms with Crippen molar-refractivity contribution < 1.29 is 9.53 Å². The molecule has 0 unspecified atom stereocenters. The lowest BCUT2D eigenvalue weighted by molar-refractivity contribution is 0.187. The second-order valence-electron chi connectivity index (χ2n) is 5.05. The molecule has 3 nitrogen and oxygen atoms in total. The summed E-state index contributed by atoms with van der Waals surface area (Å²) < 4.78 is 4.54. The van der Waals surface area contributed by atoms with Crippen LogP contribution in [0.15, 0.2) is 24.3 Å². The molecule has 0 fully saturated rings. The summed E-state index contributed by atoms with van der Waals surface area (Å²) in [4.78, 5) is 11.0. The van der Waals surface area contributed by atoms with Crippen molar-refractivity contribution in [3.63, 3.8) is 0 Å². The lowest BCUT2D eigenvalue weighted by atomic mass is 9.88. The van der Waals surface area contributed by atoms with Crippen LogP contribution in [0.5, 0.6) is 0 Å². The highest BCUT2D eigenvalue weighted by atomic mass is 16.5. The summed E-state index contributed by atoms with van der Waals surface area (Å²) in [5.74, 6) is 0. The molecule has 3 heteroatoms. The number of carbonyl (C=O) groups excluding carboxylic acids is 1. The zero-order chi connectivity index (χ0) is 12.2. The minimum Gasteiger partial charge on any atom is -0.453 e. The van der Waals surface area contributed by atoms with E-state index in [1.165, 1.54) is 12.7 Å². The number of hydrogen-bond acceptors (Lipinski definition) is 2. The van der Waals surface area contributed by atoms with Crippen LogP contribution in [0.3, 0.4) is 0 Å². The number of nitrogens with one attached hydrogen (secondary N) is 1. The molecule has 0 bridgehead atoms. The van der Waals surface area contributed by atoms with Crippen LogP contribution in [0, 0.1) is 5.41 Å². The standard InChI is InChI=1S/C13H19NO2/c1-13(2,3)9-10-6-5-7-11(8-10)14-12(15)16-4/h5-8H,9H2,1-4H3,(H,14,15). The van der Waals surface area contributed by atoms with Gasteiger partial charge in [0.15, 0.2) is 0 Å². The first-order valence-electron chi connectivity index (χ1n) is 5.34. The van der Waals surface area contributed by atoms with Gasteiger partial charge in [-0.2, -0.15) is 0 Å². The van der Waals surface area contributed by atoms with Crippen LogP contribution in [0.25, 0.3) is 0 Å². The van der Waals surface area contributed by atoms with Crippen LogP contribution in [-0.4, -0.2) is 13.2 Å². The van der Waals surface area contributed by atoms with E-state index in [0.717, 1.165) is 12.1 Å². The number of carbonyl (C=O) groups is 1. The lowest BCUT2D eigenvalue weighted by Gasteiger charge is -2.18. The SMILES string of the molecule is COC(=O)Nc1cccc(CC(C)(C)C)c1. The van der Waals surface area contributed by atoms with Gasteiger partial charge in [-0.1, -0.05) is 32.9 Å². The maximum absolute atomic E-state index is 11.0. The van der Waals surface area contributed by atoms with Crippen molar-refractivity contribution in [2.24, 2.45) is 5.41 Å². The van der Waals surface area contributed by atoms with E-state index in [1.54, 1.807) is 0 Å². The first-order valence-corrected chi connectivity index (χ1v) is 5.34. The zero-order valence-electron chi connectivity index (χ0n) is 10.3. The Kier molecular flexibility index (Phi) is 3.93. The van der Waals surface area contributed by atoms with Crippen LogP contribution in [0.2, 0.25) is 0 Å². The van der Waals surface area contributed by atoms with E-state index < -0.39 is 6.09 Å². The normalized spacial score (nSPS) is 11.0. The van der Waals surface area contributed by atoms with E-state index in [4.69, 9.17) is 0 Å². The van der Waals surface area contributed by atoms with Crippen LogP contribution in [0.1, 0.15) is 26.3 Å². The first-order chi connectivity index (χ1) is 7.40. The number of methoxy groups -OCH3 is 1. The van der Waals surface area contributed by atoms with E-state index in [0.29, 0.717) is 0 Å². The second-order valence-corrected chi connectivity index (χ2v) is 5.05. The van der Waals surface area contributed by atoms with Gasteiger partial charge in [-0.25, -0.2) is 4.79 Å². The largest absolute Gasteiger partial charge is 0.453 e. The average Bonchev–Trinajstić information content (AvgIpc) is 2.15. The number of anilines is 1. The summed E-state index contributed by atoms with van der Waals surface area (Å²) >= 11 is 0. The zero-order valence-corrected chi connectivity index (χ0v) is 10.3. The minimum atomic E-state index is -0.437. The van der Waals surface area contributed by atoms with Crippen LogP contribution in [0.4, 0.5) is 10.5 Å². The molecule has 0 aromatic heterocycles. The predicted octanol–water partition coefficient (Wildman–Crippen LogP) is 3.45. The Morgan fingerprint density at radius 2 is 2.06 bits per heavy atom. The first kappa shape index (κ1) is 12.6. The Morgan fingerprint density at radius 1 is 1.38 bits per heavy atom. The maximum atomic E-state index is 11.0. The number of ether oxygens (including phenoxy) is 1. The van der Waals surface area contributed by atoms with Crippen molar-refractivity contribution in [2.45, 2.75) is 27.2 Å². The molecule has 0 aliphatic carbocycles. The molecule has 88 valence electrons. The number of hydrogen-bond donors (Lipinski definition) is 1. The third-order valence-corrected chi connectivity index (χ3v) is 2.09. The molecule has 0 radical (unpaired) electrons. The summed E-state index contributed by atoms with van der Waals surface area (Å²) in [6.07, 6.45) is 0.539. The van der Waals surface area contributed by atoms with Gasteiger partial charge >= 0.3 is 6.09 Å². The quantitative estimate of drug-likeness (QED) is 0.830. The molecule has 0 spiro atoms. The van der Waals surface area contributed by atoms with Gasteiger partial charge in [-0.3, -0.25) is 5.32 Å². The summed E-state index contributed by atoms with van der Waals surface area (Å²) in [6, 6.07) is 7.82. The van der Waals surface area contributed by atoms with Gasteiger partial charge in [0, 0.05) is 5.69 Å². The molecule has 1 aromatic rings. The summed E-state index contributed by atoms with van der Waals surface area (Å²) in [7, 11) is 1.36. The molecule has 0 saturated carbocycles. The summed E-state index contributed by atoms with van der Waals surface area (Å²) in [6.45, 7) is 6.56. The number of amides is 1. The third-order valence-electron chi connectivity index (χ3n) is 2.09. The molecule has 16 heavy (non-hydrogen) atoms. The van der Waals surface area contributed by atoms with E-state index >= 15 is 0 Å². The van der Waals surface area contributed by atoms with Gasteiger partial charge in [0.25, 0.3) is 0 Å². The Labute approximate surface area is 96.8 Å². The molecule has 1 N–H and O–H groups in total. The fraction of sp³-hybridized carbons (Fsp3) is 0.462. The van der Waals surface area contributed by atoms with Gasteiger partial charge in [0.05, 0.1) is 7.11 Å².